The van der Waals surface area contributed by atoms with Crippen LogP contribution in [0.5, 0.6) is 0 Å². The summed E-state index contributed by atoms with van der Waals surface area (Å²) in [5.74, 6) is -0.382. The Hall–Kier alpha value is -2.95. The first-order valence-corrected chi connectivity index (χ1v) is 7.38. The van der Waals surface area contributed by atoms with Crippen LogP contribution in [0.3, 0.4) is 0 Å². The Morgan fingerprint density at radius 1 is 1.17 bits per heavy atom. The molecule has 1 amide bonds. The van der Waals surface area contributed by atoms with Gasteiger partial charge in [0.05, 0.1) is 6.04 Å². The number of rotatable bonds is 3. The number of fused-ring (bicyclic) bond motifs is 1. The maximum Gasteiger partial charge on any atom is 0.264 e. The molecule has 0 aliphatic rings. The fourth-order valence-corrected chi connectivity index (χ4v) is 2.56. The van der Waals surface area contributed by atoms with Crippen LogP contribution in [0.2, 0.25) is 0 Å². The third-order valence-electron chi connectivity index (χ3n) is 3.86. The van der Waals surface area contributed by atoms with Crippen molar-refractivity contribution >= 4 is 16.9 Å². The number of nitrogens with zero attached hydrogens (tertiary/aromatic N) is 2. The number of carbonyl (C=O) groups excluding carboxylic acids is 1. The Labute approximate surface area is 133 Å². The summed E-state index contributed by atoms with van der Waals surface area (Å²) in [4.78, 5) is 29.1. The molecule has 2 aromatic heterocycles. The quantitative estimate of drug-likeness (QED) is 0.808. The highest BCUT2D eigenvalue weighted by atomic mass is 16.2. The largest absolute Gasteiger partial charge is 0.345 e. The van der Waals surface area contributed by atoms with Crippen molar-refractivity contribution in [2.45, 2.75) is 13.0 Å². The van der Waals surface area contributed by atoms with Crippen molar-refractivity contribution in [1.29, 1.82) is 0 Å². The molecule has 1 aromatic carbocycles. The van der Waals surface area contributed by atoms with Crippen LogP contribution in [0.1, 0.15) is 28.9 Å². The summed E-state index contributed by atoms with van der Waals surface area (Å²) in [7, 11) is 1.62. The molecular weight excluding hydrogens is 290 g/mol. The minimum absolute atomic E-state index is 0.121. The van der Waals surface area contributed by atoms with Gasteiger partial charge in [-0.15, -0.1) is 0 Å². The molecule has 3 aromatic rings. The summed E-state index contributed by atoms with van der Waals surface area (Å²) in [6.07, 6.45) is 1.62. The molecule has 5 heteroatoms. The van der Waals surface area contributed by atoms with E-state index in [1.54, 1.807) is 25.4 Å². The summed E-state index contributed by atoms with van der Waals surface area (Å²) in [5.41, 5.74) is 1.31. The standard InChI is InChI=1S/C18H17N3O2/c1-12(13-7-4-3-5-8-13)20-17(22)15-11-14-9-6-10-19-16(14)21(2)18(15)23/h3-12H,1-2H3,(H,20,22)/t12-/m0/s1. The molecule has 5 nitrogen and oxygen atoms in total. The highest BCUT2D eigenvalue weighted by Crippen LogP contribution is 2.13. The maximum absolute atomic E-state index is 12.5. The fraction of sp³-hybridized carbons (Fsp3) is 0.167. The number of amides is 1. The molecule has 0 radical (unpaired) electrons. The SMILES string of the molecule is C[C@H](NC(=O)c1cc2cccnc2n(C)c1=O)c1ccccc1. The lowest BCUT2D eigenvalue weighted by molar-refractivity contribution is 0.0938. The van der Waals surface area contributed by atoms with Crippen LogP contribution >= 0.6 is 0 Å². The summed E-state index contributed by atoms with van der Waals surface area (Å²) in [5, 5.41) is 3.63. The topological polar surface area (TPSA) is 64.0 Å². The number of benzene rings is 1. The van der Waals surface area contributed by atoms with E-state index in [1.807, 2.05) is 43.3 Å². The lowest BCUT2D eigenvalue weighted by atomic mass is 10.1. The molecule has 0 bridgehead atoms. The smallest absolute Gasteiger partial charge is 0.264 e. The minimum atomic E-state index is -0.382. The van der Waals surface area contributed by atoms with Crippen molar-refractivity contribution in [1.82, 2.24) is 14.9 Å². The average molecular weight is 307 g/mol. The molecule has 23 heavy (non-hydrogen) atoms. The molecule has 0 fully saturated rings. The van der Waals surface area contributed by atoms with Crippen LogP contribution in [-0.4, -0.2) is 15.5 Å². The van der Waals surface area contributed by atoms with Crippen molar-refractivity contribution < 1.29 is 4.79 Å². The third-order valence-corrected chi connectivity index (χ3v) is 3.86. The van der Waals surface area contributed by atoms with Crippen molar-refractivity contribution in [2.24, 2.45) is 7.05 Å². The molecule has 0 aliphatic heterocycles. The summed E-state index contributed by atoms with van der Waals surface area (Å²) >= 11 is 0. The molecule has 0 saturated carbocycles. The van der Waals surface area contributed by atoms with E-state index < -0.39 is 0 Å². The van der Waals surface area contributed by atoms with Crippen LogP contribution < -0.4 is 10.9 Å². The highest BCUT2D eigenvalue weighted by molar-refractivity contribution is 5.97. The molecule has 3 rings (SSSR count). The van der Waals surface area contributed by atoms with Gasteiger partial charge in [-0.3, -0.25) is 14.2 Å². The first-order valence-electron chi connectivity index (χ1n) is 7.38. The Kier molecular flexibility index (Phi) is 3.93. The van der Waals surface area contributed by atoms with Gasteiger partial charge in [-0.25, -0.2) is 4.98 Å². The van der Waals surface area contributed by atoms with Crippen LogP contribution in [0, 0.1) is 0 Å². The molecule has 0 spiro atoms. The second kappa shape index (κ2) is 6.04. The fourth-order valence-electron chi connectivity index (χ4n) is 2.56. The molecular formula is C18H17N3O2. The van der Waals surface area contributed by atoms with Gasteiger partial charge in [0.2, 0.25) is 0 Å². The number of carbonyl (C=O) groups is 1. The van der Waals surface area contributed by atoms with E-state index in [1.165, 1.54) is 4.57 Å². The van der Waals surface area contributed by atoms with Crippen LogP contribution in [-0.2, 0) is 7.05 Å². The van der Waals surface area contributed by atoms with E-state index in [0.29, 0.717) is 5.65 Å². The Balaban J connectivity index is 1.95. The number of hydrogen-bond acceptors (Lipinski definition) is 3. The number of aryl methyl sites for hydroxylation is 1. The van der Waals surface area contributed by atoms with Crippen LogP contribution in [0.4, 0.5) is 0 Å². The van der Waals surface area contributed by atoms with Gasteiger partial charge in [0.15, 0.2) is 0 Å². The lowest BCUT2D eigenvalue weighted by Gasteiger charge is -2.15. The summed E-state index contributed by atoms with van der Waals surface area (Å²) in [6.45, 7) is 1.89. The van der Waals surface area contributed by atoms with Crippen molar-refractivity contribution in [2.75, 3.05) is 0 Å². The van der Waals surface area contributed by atoms with Gasteiger partial charge in [-0.2, -0.15) is 0 Å². The van der Waals surface area contributed by atoms with E-state index in [2.05, 4.69) is 10.3 Å². The van der Waals surface area contributed by atoms with Crippen molar-refractivity contribution in [3.05, 3.63) is 76.2 Å². The average Bonchev–Trinajstić information content (AvgIpc) is 2.58. The van der Waals surface area contributed by atoms with E-state index in [0.717, 1.165) is 10.9 Å². The Morgan fingerprint density at radius 2 is 1.91 bits per heavy atom. The van der Waals surface area contributed by atoms with Gasteiger partial charge in [0.1, 0.15) is 11.2 Å². The maximum atomic E-state index is 12.5. The number of nitrogens with one attached hydrogen (secondary N) is 1. The zero-order valence-corrected chi connectivity index (χ0v) is 13.0. The summed E-state index contributed by atoms with van der Waals surface area (Å²) < 4.78 is 1.40. The van der Waals surface area contributed by atoms with Crippen LogP contribution in [0.25, 0.3) is 11.0 Å². The highest BCUT2D eigenvalue weighted by Gasteiger charge is 2.17. The van der Waals surface area contributed by atoms with Crippen molar-refractivity contribution in [3.63, 3.8) is 0 Å². The second-order valence-electron chi connectivity index (χ2n) is 5.44. The predicted octanol–water partition coefficient (Wildman–Crippen LogP) is 2.42. The minimum Gasteiger partial charge on any atom is -0.345 e. The van der Waals surface area contributed by atoms with Gasteiger partial charge in [0, 0.05) is 18.6 Å². The van der Waals surface area contributed by atoms with E-state index >= 15 is 0 Å². The second-order valence-corrected chi connectivity index (χ2v) is 5.44. The first-order chi connectivity index (χ1) is 11.1. The first kappa shape index (κ1) is 15.0. The van der Waals surface area contributed by atoms with E-state index in [-0.39, 0.29) is 23.1 Å². The van der Waals surface area contributed by atoms with Gasteiger partial charge in [-0.05, 0) is 30.7 Å². The van der Waals surface area contributed by atoms with Gasteiger partial charge >= 0.3 is 0 Å². The van der Waals surface area contributed by atoms with Gasteiger partial charge in [0.25, 0.3) is 11.5 Å². The van der Waals surface area contributed by atoms with Crippen molar-refractivity contribution in [3.8, 4) is 0 Å². The Morgan fingerprint density at radius 3 is 2.65 bits per heavy atom. The molecule has 2 heterocycles. The monoisotopic (exact) mass is 307 g/mol. The lowest BCUT2D eigenvalue weighted by Crippen LogP contribution is -2.33. The number of pyridine rings is 2. The zero-order valence-electron chi connectivity index (χ0n) is 13.0. The number of hydrogen-bond donors (Lipinski definition) is 1. The molecule has 0 saturated heterocycles. The molecule has 116 valence electrons. The molecule has 1 N–H and O–H groups in total. The predicted molar refractivity (Wildman–Crippen MR) is 89.3 cm³/mol. The number of aromatic nitrogens is 2. The molecule has 0 unspecified atom stereocenters. The van der Waals surface area contributed by atoms with Crippen LogP contribution in [0.15, 0.2) is 59.5 Å². The summed E-state index contributed by atoms with van der Waals surface area (Å²) in [6, 6.07) is 14.7. The van der Waals surface area contributed by atoms with E-state index in [9.17, 15) is 9.59 Å². The van der Waals surface area contributed by atoms with Gasteiger partial charge < -0.3 is 5.32 Å². The third kappa shape index (κ3) is 2.85. The zero-order chi connectivity index (χ0) is 16.4. The van der Waals surface area contributed by atoms with Gasteiger partial charge in [-0.1, -0.05) is 30.3 Å². The molecule has 0 aliphatic carbocycles. The molecule has 1 atom stereocenters. The Bertz CT molecular complexity index is 916. The normalized spacial score (nSPS) is 12.1. The van der Waals surface area contributed by atoms with E-state index in [4.69, 9.17) is 0 Å².